The van der Waals surface area contributed by atoms with Crippen LogP contribution in [0.5, 0.6) is 5.75 Å². The van der Waals surface area contributed by atoms with Gasteiger partial charge in [-0.05, 0) is 68.2 Å². The van der Waals surface area contributed by atoms with Crippen LogP contribution >= 0.6 is 0 Å². The highest BCUT2D eigenvalue weighted by molar-refractivity contribution is 6.40. The Balaban J connectivity index is 1.58. The van der Waals surface area contributed by atoms with E-state index < -0.39 is 11.8 Å². The highest BCUT2D eigenvalue weighted by Gasteiger charge is 2.42. The van der Waals surface area contributed by atoms with E-state index in [1.165, 1.54) is 42.7 Å². The minimum atomic E-state index is -0.578. The van der Waals surface area contributed by atoms with Crippen LogP contribution in [0.2, 0.25) is 0 Å². The number of rotatable bonds is 3. The fraction of sp³-hybridized carbons (Fsp3) is 0.556. The standard InChI is InChI=1S/C18H24N2O3/c1-11(16-10-12-3-4-13(16)9-12)19-17(22)18(23)20(2)14-5-7-15(21)8-6-14/h5-8,11-13,16,21H,3-4,9-10H2,1-2H3,(H,19,22). The number of aromatic hydroxyl groups is 1. The lowest BCUT2D eigenvalue weighted by molar-refractivity contribution is -0.138. The van der Waals surface area contributed by atoms with Crippen LogP contribution in [-0.2, 0) is 9.59 Å². The van der Waals surface area contributed by atoms with Crippen molar-refractivity contribution < 1.29 is 14.7 Å². The van der Waals surface area contributed by atoms with Crippen LogP contribution in [0.1, 0.15) is 32.6 Å². The summed E-state index contributed by atoms with van der Waals surface area (Å²) in [4.78, 5) is 25.8. The van der Waals surface area contributed by atoms with Crippen molar-refractivity contribution in [1.29, 1.82) is 0 Å². The van der Waals surface area contributed by atoms with Crippen molar-refractivity contribution in [3.05, 3.63) is 24.3 Å². The number of carbonyl (C=O) groups is 2. The first-order chi connectivity index (χ1) is 11.0. The Morgan fingerprint density at radius 1 is 1.22 bits per heavy atom. The minimum absolute atomic E-state index is 0.0370. The first-order valence-electron chi connectivity index (χ1n) is 8.33. The molecule has 1 aromatic carbocycles. The van der Waals surface area contributed by atoms with Gasteiger partial charge in [0.25, 0.3) is 0 Å². The number of hydrogen-bond acceptors (Lipinski definition) is 3. The highest BCUT2D eigenvalue weighted by Crippen LogP contribution is 2.49. The monoisotopic (exact) mass is 316 g/mol. The van der Waals surface area contributed by atoms with Crippen molar-refractivity contribution in [3.8, 4) is 5.75 Å². The number of anilines is 1. The Hall–Kier alpha value is -2.04. The zero-order valence-corrected chi connectivity index (χ0v) is 13.7. The number of fused-ring (bicyclic) bond motifs is 2. The van der Waals surface area contributed by atoms with Gasteiger partial charge in [0.15, 0.2) is 0 Å². The van der Waals surface area contributed by atoms with E-state index in [2.05, 4.69) is 5.32 Å². The third kappa shape index (κ3) is 3.19. The summed E-state index contributed by atoms with van der Waals surface area (Å²) in [6.07, 6.45) is 5.04. The second-order valence-corrected chi connectivity index (χ2v) is 6.98. The highest BCUT2D eigenvalue weighted by atomic mass is 16.3. The van der Waals surface area contributed by atoms with Gasteiger partial charge in [0.2, 0.25) is 0 Å². The predicted molar refractivity (Wildman–Crippen MR) is 88.1 cm³/mol. The minimum Gasteiger partial charge on any atom is -0.508 e. The molecule has 3 rings (SSSR count). The summed E-state index contributed by atoms with van der Waals surface area (Å²) in [6, 6.07) is 6.25. The molecule has 2 saturated carbocycles. The lowest BCUT2D eigenvalue weighted by Crippen LogP contribution is -2.47. The average Bonchev–Trinajstić information content (AvgIpc) is 3.17. The molecule has 2 fully saturated rings. The molecule has 124 valence electrons. The van der Waals surface area contributed by atoms with E-state index >= 15 is 0 Å². The fourth-order valence-corrected chi connectivity index (χ4v) is 4.23. The Morgan fingerprint density at radius 3 is 2.48 bits per heavy atom. The number of benzene rings is 1. The van der Waals surface area contributed by atoms with E-state index in [1.807, 2.05) is 6.92 Å². The molecule has 2 N–H and O–H groups in total. The van der Waals surface area contributed by atoms with Crippen LogP contribution in [0, 0.1) is 17.8 Å². The molecule has 0 spiro atoms. The molecule has 23 heavy (non-hydrogen) atoms. The van der Waals surface area contributed by atoms with E-state index in [1.54, 1.807) is 19.2 Å². The predicted octanol–water partition coefficient (Wildman–Crippen LogP) is 2.30. The van der Waals surface area contributed by atoms with Gasteiger partial charge in [0.1, 0.15) is 5.75 Å². The molecule has 0 aliphatic heterocycles. The van der Waals surface area contributed by atoms with Crippen LogP contribution in [-0.4, -0.2) is 30.0 Å². The quantitative estimate of drug-likeness (QED) is 0.841. The van der Waals surface area contributed by atoms with Gasteiger partial charge in [0.05, 0.1) is 0 Å². The number of nitrogens with zero attached hydrogens (tertiary/aromatic N) is 1. The van der Waals surface area contributed by atoms with E-state index in [-0.39, 0.29) is 11.8 Å². The maximum absolute atomic E-state index is 12.3. The van der Waals surface area contributed by atoms with Gasteiger partial charge in [-0.1, -0.05) is 6.42 Å². The van der Waals surface area contributed by atoms with Crippen molar-refractivity contribution in [3.63, 3.8) is 0 Å². The van der Waals surface area contributed by atoms with Gasteiger partial charge in [-0.2, -0.15) is 0 Å². The van der Waals surface area contributed by atoms with Crippen LogP contribution in [0.3, 0.4) is 0 Å². The van der Waals surface area contributed by atoms with Gasteiger partial charge in [-0.25, -0.2) is 0 Å². The molecule has 0 aromatic heterocycles. The smallest absolute Gasteiger partial charge is 0.316 e. The zero-order valence-electron chi connectivity index (χ0n) is 13.7. The molecule has 0 heterocycles. The third-order valence-corrected chi connectivity index (χ3v) is 5.53. The van der Waals surface area contributed by atoms with E-state index in [0.29, 0.717) is 17.5 Å². The van der Waals surface area contributed by atoms with Gasteiger partial charge in [-0.3, -0.25) is 9.59 Å². The summed E-state index contributed by atoms with van der Waals surface area (Å²) in [5.41, 5.74) is 0.579. The third-order valence-electron chi connectivity index (χ3n) is 5.53. The van der Waals surface area contributed by atoms with Crippen LogP contribution in [0.15, 0.2) is 24.3 Å². The summed E-state index contributed by atoms with van der Waals surface area (Å²) in [6.45, 7) is 2.01. The molecule has 4 atom stereocenters. The van der Waals surface area contributed by atoms with E-state index in [9.17, 15) is 14.7 Å². The molecule has 0 radical (unpaired) electrons. The lowest BCUT2D eigenvalue weighted by atomic mass is 9.84. The van der Waals surface area contributed by atoms with Gasteiger partial charge in [0, 0.05) is 18.8 Å². The number of amides is 2. The number of phenols is 1. The van der Waals surface area contributed by atoms with Crippen LogP contribution in [0.4, 0.5) is 5.69 Å². The van der Waals surface area contributed by atoms with E-state index in [0.717, 1.165) is 5.92 Å². The second kappa shape index (κ2) is 6.22. The number of hydrogen-bond donors (Lipinski definition) is 2. The number of carbonyl (C=O) groups excluding carboxylic acids is 2. The number of phenolic OH excluding ortho intramolecular Hbond substituents is 1. The maximum atomic E-state index is 12.3. The summed E-state index contributed by atoms with van der Waals surface area (Å²) in [5, 5.41) is 12.2. The Labute approximate surface area is 136 Å². The first-order valence-corrected chi connectivity index (χ1v) is 8.33. The zero-order chi connectivity index (χ0) is 16.6. The SMILES string of the molecule is CC(NC(=O)C(=O)N(C)c1ccc(O)cc1)C1CC2CCC1C2. The van der Waals surface area contributed by atoms with Crippen molar-refractivity contribution in [2.75, 3.05) is 11.9 Å². The van der Waals surface area contributed by atoms with Gasteiger partial charge in [-0.15, -0.1) is 0 Å². The fourth-order valence-electron chi connectivity index (χ4n) is 4.23. The van der Waals surface area contributed by atoms with Crippen molar-refractivity contribution in [1.82, 2.24) is 5.32 Å². The Bertz CT molecular complexity index is 599. The number of likely N-dealkylation sites (N-methyl/N-ethyl adjacent to an activating group) is 1. The lowest BCUT2D eigenvalue weighted by Gasteiger charge is -2.28. The molecule has 1 aromatic rings. The van der Waals surface area contributed by atoms with Crippen molar-refractivity contribution >= 4 is 17.5 Å². The molecule has 0 saturated heterocycles. The van der Waals surface area contributed by atoms with Crippen LogP contribution in [0.25, 0.3) is 0 Å². The largest absolute Gasteiger partial charge is 0.508 e. The molecule has 2 aliphatic rings. The second-order valence-electron chi connectivity index (χ2n) is 6.98. The molecule has 5 nitrogen and oxygen atoms in total. The summed E-state index contributed by atoms with van der Waals surface area (Å²) < 4.78 is 0. The summed E-state index contributed by atoms with van der Waals surface area (Å²) in [5.74, 6) is 1.02. The van der Waals surface area contributed by atoms with Crippen molar-refractivity contribution in [2.45, 2.75) is 38.6 Å². The molecule has 5 heteroatoms. The summed E-state index contributed by atoms with van der Waals surface area (Å²) in [7, 11) is 1.57. The molecule has 2 amide bonds. The molecular weight excluding hydrogens is 292 g/mol. The molecule has 2 bridgehead atoms. The van der Waals surface area contributed by atoms with E-state index in [4.69, 9.17) is 0 Å². The summed E-state index contributed by atoms with van der Waals surface area (Å²) >= 11 is 0. The average molecular weight is 316 g/mol. The Morgan fingerprint density at radius 2 is 1.91 bits per heavy atom. The number of nitrogens with one attached hydrogen (secondary N) is 1. The normalized spacial score (nSPS) is 26.8. The maximum Gasteiger partial charge on any atom is 0.316 e. The van der Waals surface area contributed by atoms with Crippen molar-refractivity contribution in [2.24, 2.45) is 17.8 Å². The first kappa shape index (κ1) is 15.8. The topological polar surface area (TPSA) is 69.6 Å². The van der Waals surface area contributed by atoms with Gasteiger partial charge >= 0.3 is 11.8 Å². The van der Waals surface area contributed by atoms with Gasteiger partial charge < -0.3 is 15.3 Å². The van der Waals surface area contributed by atoms with Crippen LogP contribution < -0.4 is 10.2 Å². The molecule has 4 unspecified atom stereocenters. The molecule has 2 aliphatic carbocycles. The Kier molecular flexibility index (Phi) is 4.28. The molecular formula is C18H24N2O3.